The Bertz CT molecular complexity index is 417. The van der Waals surface area contributed by atoms with E-state index in [4.69, 9.17) is 4.74 Å². The van der Waals surface area contributed by atoms with E-state index in [1.165, 1.54) is 0 Å². The van der Waals surface area contributed by atoms with Crippen LogP contribution in [0, 0.1) is 17.8 Å². The number of benzene rings is 1. The molecule has 0 aromatic heterocycles. The molecule has 0 amide bonds. The first kappa shape index (κ1) is 14.3. The van der Waals surface area contributed by atoms with E-state index in [2.05, 4.69) is 17.2 Å². The third kappa shape index (κ3) is 5.51. The van der Waals surface area contributed by atoms with Gasteiger partial charge in [0.15, 0.2) is 0 Å². The van der Waals surface area contributed by atoms with Crippen molar-refractivity contribution in [3.63, 3.8) is 0 Å². The van der Waals surface area contributed by atoms with Crippen LogP contribution in [0.4, 0.5) is 0 Å². The van der Waals surface area contributed by atoms with Crippen molar-refractivity contribution in [3.05, 3.63) is 35.9 Å². The number of carbonyl (C=O) groups excluding carboxylic acids is 1. The van der Waals surface area contributed by atoms with E-state index in [0.29, 0.717) is 19.7 Å². The van der Waals surface area contributed by atoms with Crippen molar-refractivity contribution in [1.29, 1.82) is 0 Å². The van der Waals surface area contributed by atoms with Crippen LogP contribution in [-0.2, 0) is 16.1 Å². The van der Waals surface area contributed by atoms with Crippen LogP contribution in [0.15, 0.2) is 30.3 Å². The first-order valence-electron chi connectivity index (χ1n) is 6.05. The Balaban J connectivity index is 2.25. The van der Waals surface area contributed by atoms with Gasteiger partial charge in [0.05, 0.1) is 12.5 Å². The molecular formula is C15H19NO2. The Hall–Kier alpha value is -1.79. The Morgan fingerprint density at radius 1 is 1.39 bits per heavy atom. The van der Waals surface area contributed by atoms with Crippen LogP contribution in [0.1, 0.15) is 19.4 Å². The maximum Gasteiger partial charge on any atom is 0.310 e. The highest BCUT2D eigenvalue weighted by Crippen LogP contribution is 2.04. The monoisotopic (exact) mass is 245 g/mol. The topological polar surface area (TPSA) is 38.3 Å². The molecule has 3 heteroatoms. The predicted octanol–water partition coefficient (Wildman–Crippen LogP) is 1.98. The van der Waals surface area contributed by atoms with Crippen molar-refractivity contribution in [2.45, 2.75) is 20.5 Å². The summed E-state index contributed by atoms with van der Waals surface area (Å²) in [7, 11) is 0. The fourth-order valence-corrected chi connectivity index (χ4v) is 1.39. The lowest BCUT2D eigenvalue weighted by Gasteiger charge is -2.11. The Kier molecular flexibility index (Phi) is 6.60. The SMILES string of the molecule is CC#CCNCC(C)C(=O)OCc1ccccc1. The summed E-state index contributed by atoms with van der Waals surface area (Å²) in [6.07, 6.45) is 0. The molecule has 96 valence electrons. The lowest BCUT2D eigenvalue weighted by atomic mass is 10.2. The number of carbonyl (C=O) groups is 1. The van der Waals surface area contributed by atoms with Gasteiger partial charge in [-0.25, -0.2) is 0 Å². The molecular weight excluding hydrogens is 226 g/mol. The second-order valence-corrected chi connectivity index (χ2v) is 4.05. The summed E-state index contributed by atoms with van der Waals surface area (Å²) in [5.41, 5.74) is 1.00. The van der Waals surface area contributed by atoms with Crippen LogP contribution >= 0.6 is 0 Å². The van der Waals surface area contributed by atoms with E-state index in [-0.39, 0.29) is 11.9 Å². The number of esters is 1. The maximum atomic E-state index is 11.7. The molecule has 0 heterocycles. The molecule has 1 rings (SSSR count). The minimum absolute atomic E-state index is 0.160. The molecule has 0 radical (unpaired) electrons. The van der Waals surface area contributed by atoms with E-state index < -0.39 is 0 Å². The molecule has 0 bridgehead atoms. The number of hydrogen-bond acceptors (Lipinski definition) is 3. The molecule has 1 N–H and O–H groups in total. The highest BCUT2D eigenvalue weighted by molar-refractivity contribution is 5.72. The van der Waals surface area contributed by atoms with Gasteiger partial charge in [-0.1, -0.05) is 43.2 Å². The average molecular weight is 245 g/mol. The van der Waals surface area contributed by atoms with Crippen LogP contribution in [0.2, 0.25) is 0 Å². The molecule has 0 aliphatic rings. The van der Waals surface area contributed by atoms with Crippen LogP contribution in [0.25, 0.3) is 0 Å². The van der Waals surface area contributed by atoms with Gasteiger partial charge in [0.2, 0.25) is 0 Å². The number of rotatable bonds is 6. The standard InChI is InChI=1S/C15H19NO2/c1-3-4-10-16-11-13(2)15(17)18-12-14-8-6-5-7-9-14/h5-9,13,16H,10-12H2,1-2H3. The average Bonchev–Trinajstić information content (AvgIpc) is 2.42. The quantitative estimate of drug-likeness (QED) is 0.473. The number of hydrogen-bond donors (Lipinski definition) is 1. The van der Waals surface area contributed by atoms with Crippen molar-refractivity contribution in [3.8, 4) is 11.8 Å². The Morgan fingerprint density at radius 3 is 2.78 bits per heavy atom. The lowest BCUT2D eigenvalue weighted by Crippen LogP contribution is -2.28. The summed E-state index contributed by atoms with van der Waals surface area (Å²) < 4.78 is 5.23. The summed E-state index contributed by atoms with van der Waals surface area (Å²) in [6, 6.07) is 9.67. The summed E-state index contributed by atoms with van der Waals surface area (Å²) in [5, 5.41) is 3.09. The van der Waals surface area contributed by atoms with Gasteiger partial charge >= 0.3 is 5.97 Å². The van der Waals surface area contributed by atoms with E-state index in [9.17, 15) is 4.79 Å². The van der Waals surface area contributed by atoms with Gasteiger partial charge < -0.3 is 10.1 Å². The number of ether oxygens (including phenoxy) is 1. The summed E-state index contributed by atoms with van der Waals surface area (Å²) in [4.78, 5) is 11.7. The van der Waals surface area contributed by atoms with E-state index >= 15 is 0 Å². The van der Waals surface area contributed by atoms with Gasteiger partial charge in [-0.05, 0) is 12.5 Å². The minimum Gasteiger partial charge on any atom is -0.461 e. The van der Waals surface area contributed by atoms with Crippen LogP contribution < -0.4 is 5.32 Å². The first-order valence-corrected chi connectivity index (χ1v) is 6.05. The minimum atomic E-state index is -0.184. The van der Waals surface area contributed by atoms with Crippen molar-refractivity contribution in [1.82, 2.24) is 5.32 Å². The van der Waals surface area contributed by atoms with E-state index in [0.717, 1.165) is 5.56 Å². The van der Waals surface area contributed by atoms with Crippen LogP contribution in [-0.4, -0.2) is 19.1 Å². The molecule has 0 aliphatic heterocycles. The zero-order valence-corrected chi connectivity index (χ0v) is 10.9. The predicted molar refractivity (Wildman–Crippen MR) is 71.7 cm³/mol. The van der Waals surface area contributed by atoms with Crippen LogP contribution in [0.3, 0.4) is 0 Å². The molecule has 1 aromatic rings. The molecule has 1 aromatic carbocycles. The third-order valence-corrected chi connectivity index (χ3v) is 2.47. The van der Waals surface area contributed by atoms with Crippen molar-refractivity contribution < 1.29 is 9.53 Å². The van der Waals surface area contributed by atoms with Gasteiger partial charge in [0.25, 0.3) is 0 Å². The molecule has 0 fully saturated rings. The van der Waals surface area contributed by atoms with Gasteiger partial charge in [-0.15, -0.1) is 5.92 Å². The highest BCUT2D eigenvalue weighted by atomic mass is 16.5. The highest BCUT2D eigenvalue weighted by Gasteiger charge is 2.13. The summed E-state index contributed by atoms with van der Waals surface area (Å²) in [6.45, 7) is 5.16. The lowest BCUT2D eigenvalue weighted by molar-refractivity contribution is -0.149. The second kappa shape index (κ2) is 8.32. The van der Waals surface area contributed by atoms with Gasteiger partial charge in [0, 0.05) is 6.54 Å². The van der Waals surface area contributed by atoms with Gasteiger partial charge in [-0.3, -0.25) is 4.79 Å². The zero-order valence-electron chi connectivity index (χ0n) is 10.9. The van der Waals surface area contributed by atoms with Crippen molar-refractivity contribution in [2.24, 2.45) is 5.92 Å². The number of nitrogens with one attached hydrogen (secondary N) is 1. The normalized spacial score (nSPS) is 11.2. The molecule has 0 spiro atoms. The molecule has 0 saturated carbocycles. The largest absolute Gasteiger partial charge is 0.461 e. The molecule has 3 nitrogen and oxygen atoms in total. The van der Waals surface area contributed by atoms with Gasteiger partial charge in [0.1, 0.15) is 6.61 Å². The summed E-state index contributed by atoms with van der Waals surface area (Å²) >= 11 is 0. The van der Waals surface area contributed by atoms with Gasteiger partial charge in [-0.2, -0.15) is 0 Å². The fourth-order valence-electron chi connectivity index (χ4n) is 1.39. The van der Waals surface area contributed by atoms with E-state index in [1.54, 1.807) is 6.92 Å². The third-order valence-electron chi connectivity index (χ3n) is 2.47. The zero-order chi connectivity index (χ0) is 13.2. The molecule has 18 heavy (non-hydrogen) atoms. The van der Waals surface area contributed by atoms with Crippen molar-refractivity contribution in [2.75, 3.05) is 13.1 Å². The fraction of sp³-hybridized carbons (Fsp3) is 0.400. The van der Waals surface area contributed by atoms with Crippen LogP contribution in [0.5, 0.6) is 0 Å². The molecule has 1 atom stereocenters. The molecule has 0 aliphatic carbocycles. The maximum absolute atomic E-state index is 11.7. The summed E-state index contributed by atoms with van der Waals surface area (Å²) in [5.74, 6) is 5.33. The first-order chi connectivity index (χ1) is 8.74. The smallest absolute Gasteiger partial charge is 0.310 e. The van der Waals surface area contributed by atoms with E-state index in [1.807, 2.05) is 37.3 Å². The molecule has 1 unspecified atom stereocenters. The second-order valence-electron chi connectivity index (χ2n) is 4.05. The molecule has 0 saturated heterocycles. The Labute approximate surface area is 109 Å². The Morgan fingerprint density at radius 2 is 2.11 bits per heavy atom. The van der Waals surface area contributed by atoms with Crippen molar-refractivity contribution >= 4 is 5.97 Å².